The van der Waals surface area contributed by atoms with Crippen molar-refractivity contribution >= 4 is 28.0 Å². The molecule has 0 unspecified atom stereocenters. The molecule has 2 N–H and O–H groups in total. The van der Waals surface area contributed by atoms with Gasteiger partial charge in [-0.1, -0.05) is 42.5 Å². The Labute approximate surface area is 122 Å². The highest BCUT2D eigenvalue weighted by atomic mass is 15.0. The first-order valence-electron chi connectivity index (χ1n) is 6.81. The summed E-state index contributed by atoms with van der Waals surface area (Å²) in [5, 5.41) is 17.3. The van der Waals surface area contributed by atoms with E-state index in [-0.39, 0.29) is 11.4 Å². The fourth-order valence-electron chi connectivity index (χ4n) is 2.85. The highest BCUT2D eigenvalue weighted by Gasteiger charge is 2.21. The fraction of sp³-hybridized carbons (Fsp3) is 0. The maximum atomic E-state index is 8.08. The van der Waals surface area contributed by atoms with Gasteiger partial charge in [0.1, 0.15) is 0 Å². The molecule has 0 atom stereocenters. The summed E-state index contributed by atoms with van der Waals surface area (Å²) < 4.78 is 2.09. The minimum absolute atomic E-state index is 0.251. The van der Waals surface area contributed by atoms with Gasteiger partial charge >= 0.3 is 0 Å². The second-order valence-electron chi connectivity index (χ2n) is 5.11. The first-order valence-corrected chi connectivity index (χ1v) is 6.81. The highest BCUT2D eigenvalue weighted by molar-refractivity contribution is 6.52. The van der Waals surface area contributed by atoms with Crippen LogP contribution in [0, 0.1) is 10.8 Å². The Bertz CT molecular complexity index is 928. The molecule has 0 saturated heterocycles. The molecular formula is C18H13N3. The normalized spacial score (nSPS) is 14.2. The predicted molar refractivity (Wildman–Crippen MR) is 86.3 cm³/mol. The molecule has 1 heterocycles. The summed E-state index contributed by atoms with van der Waals surface area (Å²) in [4.78, 5) is 0. The summed E-state index contributed by atoms with van der Waals surface area (Å²) in [6.07, 6.45) is 3.80. The molecule has 0 radical (unpaired) electrons. The molecule has 3 aromatic rings. The van der Waals surface area contributed by atoms with Crippen LogP contribution in [0.25, 0.3) is 16.6 Å². The second-order valence-corrected chi connectivity index (χ2v) is 5.11. The summed E-state index contributed by atoms with van der Waals surface area (Å²) in [6.45, 7) is 0. The number of para-hydroxylation sites is 1. The van der Waals surface area contributed by atoms with E-state index in [9.17, 15) is 0 Å². The molecule has 3 nitrogen and oxygen atoms in total. The molecule has 0 spiro atoms. The third kappa shape index (κ3) is 1.68. The van der Waals surface area contributed by atoms with Crippen molar-refractivity contribution in [3.8, 4) is 0 Å². The van der Waals surface area contributed by atoms with E-state index >= 15 is 0 Å². The van der Waals surface area contributed by atoms with Gasteiger partial charge in [-0.2, -0.15) is 0 Å². The van der Waals surface area contributed by atoms with Crippen LogP contribution in [0.3, 0.4) is 0 Å². The van der Waals surface area contributed by atoms with Gasteiger partial charge in [-0.05, 0) is 23.6 Å². The van der Waals surface area contributed by atoms with E-state index in [1.807, 2.05) is 42.6 Å². The van der Waals surface area contributed by atoms with Gasteiger partial charge in [-0.15, -0.1) is 0 Å². The predicted octanol–water partition coefficient (Wildman–Crippen LogP) is 3.93. The lowest BCUT2D eigenvalue weighted by molar-refractivity contribution is 1.16. The van der Waals surface area contributed by atoms with Gasteiger partial charge in [-0.3, -0.25) is 10.8 Å². The fourth-order valence-corrected chi connectivity index (χ4v) is 2.85. The first-order chi connectivity index (χ1) is 10.3. The molecule has 1 aliphatic rings. The lowest BCUT2D eigenvalue weighted by atomic mass is 9.91. The Balaban J connectivity index is 2.02. The number of nitrogens with zero attached hydrogens (tertiary/aromatic N) is 1. The number of nitrogens with one attached hydrogen (secondary N) is 2. The Hall–Kier alpha value is -2.94. The Morgan fingerprint density at radius 1 is 0.762 bits per heavy atom. The molecule has 0 bridgehead atoms. The van der Waals surface area contributed by atoms with Gasteiger partial charge in [-0.25, -0.2) is 0 Å². The number of hydrogen-bond acceptors (Lipinski definition) is 2. The number of allylic oxidation sites excluding steroid dienone is 1. The average Bonchev–Trinajstić information content (AvgIpc) is 2.95. The molecule has 4 rings (SSSR count). The van der Waals surface area contributed by atoms with Crippen molar-refractivity contribution in [3.05, 3.63) is 78.0 Å². The standard InChI is InChI=1S/C18H13N3/c19-15-11-17(13-6-2-3-7-14(13)18(15)20)21-10-9-12-5-1-4-8-16(12)21/h1-11,19-20H. The molecule has 100 valence electrons. The second kappa shape index (κ2) is 4.28. The van der Waals surface area contributed by atoms with E-state index < -0.39 is 0 Å². The molecule has 0 fully saturated rings. The topological polar surface area (TPSA) is 52.6 Å². The number of benzene rings is 2. The van der Waals surface area contributed by atoms with Crippen LogP contribution in [0.1, 0.15) is 11.1 Å². The Morgan fingerprint density at radius 3 is 2.33 bits per heavy atom. The lowest BCUT2D eigenvalue weighted by Gasteiger charge is -2.20. The van der Waals surface area contributed by atoms with Crippen LogP contribution in [0.2, 0.25) is 0 Å². The van der Waals surface area contributed by atoms with Crippen molar-refractivity contribution in [1.29, 1.82) is 10.8 Å². The summed E-state index contributed by atoms with van der Waals surface area (Å²) >= 11 is 0. The van der Waals surface area contributed by atoms with E-state index in [0.29, 0.717) is 0 Å². The van der Waals surface area contributed by atoms with Gasteiger partial charge in [0.2, 0.25) is 0 Å². The van der Waals surface area contributed by atoms with Gasteiger partial charge < -0.3 is 4.57 Å². The highest BCUT2D eigenvalue weighted by Crippen LogP contribution is 2.29. The minimum Gasteiger partial charge on any atom is -0.316 e. The van der Waals surface area contributed by atoms with Gasteiger partial charge in [0.25, 0.3) is 0 Å². The number of rotatable bonds is 1. The number of aromatic nitrogens is 1. The molecule has 0 aliphatic heterocycles. The molecule has 21 heavy (non-hydrogen) atoms. The van der Waals surface area contributed by atoms with Crippen molar-refractivity contribution in [1.82, 2.24) is 4.57 Å². The third-order valence-corrected chi connectivity index (χ3v) is 3.88. The summed E-state index contributed by atoms with van der Waals surface area (Å²) in [5.41, 5.74) is 4.41. The monoisotopic (exact) mass is 271 g/mol. The molecular weight excluding hydrogens is 258 g/mol. The van der Waals surface area contributed by atoms with Crippen LogP contribution < -0.4 is 0 Å². The van der Waals surface area contributed by atoms with Gasteiger partial charge in [0.15, 0.2) is 0 Å². The van der Waals surface area contributed by atoms with Gasteiger partial charge in [0, 0.05) is 17.3 Å². The zero-order valence-electron chi connectivity index (χ0n) is 11.3. The van der Waals surface area contributed by atoms with E-state index in [4.69, 9.17) is 10.8 Å². The third-order valence-electron chi connectivity index (χ3n) is 3.88. The van der Waals surface area contributed by atoms with Crippen molar-refractivity contribution in [2.75, 3.05) is 0 Å². The van der Waals surface area contributed by atoms with E-state index in [2.05, 4.69) is 22.8 Å². The maximum Gasteiger partial charge on any atom is 0.0869 e. The van der Waals surface area contributed by atoms with E-state index in [1.54, 1.807) is 6.08 Å². The van der Waals surface area contributed by atoms with E-state index in [0.717, 1.165) is 22.3 Å². The van der Waals surface area contributed by atoms with Crippen LogP contribution in [0.5, 0.6) is 0 Å². The largest absolute Gasteiger partial charge is 0.316 e. The average molecular weight is 271 g/mol. The van der Waals surface area contributed by atoms with Gasteiger partial charge in [0.05, 0.1) is 22.6 Å². The summed E-state index contributed by atoms with van der Waals surface area (Å²) in [5.74, 6) is 0. The molecule has 1 aliphatic carbocycles. The first kappa shape index (κ1) is 11.9. The molecule has 1 aromatic heterocycles. The zero-order valence-corrected chi connectivity index (χ0v) is 11.3. The van der Waals surface area contributed by atoms with Crippen molar-refractivity contribution < 1.29 is 0 Å². The van der Waals surface area contributed by atoms with Crippen molar-refractivity contribution in [3.63, 3.8) is 0 Å². The Kier molecular flexibility index (Phi) is 2.42. The number of fused-ring (bicyclic) bond motifs is 2. The lowest BCUT2D eigenvalue weighted by Crippen LogP contribution is -2.20. The van der Waals surface area contributed by atoms with Crippen LogP contribution in [0.15, 0.2) is 66.9 Å². The SMILES string of the molecule is N=C1C=C(n2ccc3ccccc32)c2ccccc2C1=N. The van der Waals surface area contributed by atoms with E-state index in [1.165, 1.54) is 5.39 Å². The van der Waals surface area contributed by atoms with Crippen LogP contribution in [0.4, 0.5) is 0 Å². The summed E-state index contributed by atoms with van der Waals surface area (Å²) in [7, 11) is 0. The summed E-state index contributed by atoms with van der Waals surface area (Å²) in [6, 6.07) is 18.1. The minimum atomic E-state index is 0.251. The zero-order chi connectivity index (χ0) is 14.4. The van der Waals surface area contributed by atoms with Crippen molar-refractivity contribution in [2.45, 2.75) is 0 Å². The molecule has 3 heteroatoms. The van der Waals surface area contributed by atoms with Crippen LogP contribution in [-0.2, 0) is 0 Å². The number of hydrogen-bond donors (Lipinski definition) is 2. The Morgan fingerprint density at radius 2 is 1.48 bits per heavy atom. The smallest absolute Gasteiger partial charge is 0.0869 e. The van der Waals surface area contributed by atoms with Crippen LogP contribution >= 0.6 is 0 Å². The maximum absolute atomic E-state index is 8.08. The molecule has 0 saturated carbocycles. The van der Waals surface area contributed by atoms with Crippen molar-refractivity contribution in [2.24, 2.45) is 0 Å². The molecule has 2 aromatic carbocycles. The van der Waals surface area contributed by atoms with Crippen LogP contribution in [-0.4, -0.2) is 16.0 Å². The quantitative estimate of drug-likeness (QED) is 0.674. The molecule has 0 amide bonds.